The van der Waals surface area contributed by atoms with Crippen molar-refractivity contribution in [1.82, 2.24) is 5.43 Å². The molecule has 2 aromatic rings. The van der Waals surface area contributed by atoms with Crippen molar-refractivity contribution >= 4 is 23.5 Å². The maximum absolute atomic E-state index is 12.5. The molecule has 1 aliphatic heterocycles. The summed E-state index contributed by atoms with van der Waals surface area (Å²) < 4.78 is 10.4. The highest BCUT2D eigenvalue weighted by Gasteiger charge is 2.16. The largest absolute Gasteiger partial charge is 0.497 e. The summed E-state index contributed by atoms with van der Waals surface area (Å²) in [5.41, 5.74) is 4.22. The summed E-state index contributed by atoms with van der Waals surface area (Å²) in [6.07, 6.45) is 5.94. The van der Waals surface area contributed by atoms with E-state index in [-0.39, 0.29) is 5.69 Å². The summed E-state index contributed by atoms with van der Waals surface area (Å²) in [4.78, 5) is 25.5. The van der Waals surface area contributed by atoms with Gasteiger partial charge in [0.25, 0.3) is 11.6 Å². The summed E-state index contributed by atoms with van der Waals surface area (Å²) in [5.74, 6) is 0.515. The predicted octanol–water partition coefficient (Wildman–Crippen LogP) is 3.76. The van der Waals surface area contributed by atoms with Gasteiger partial charge in [-0.25, -0.2) is 5.43 Å². The SMILES string of the molecule is COc1cc(OC)cc(C(=O)N/N=C/c2cc([N+](=O)[O-])ccc2N2CCCCCC2)c1. The molecule has 164 valence electrons. The van der Waals surface area contributed by atoms with Crippen molar-refractivity contribution in [3.05, 3.63) is 57.6 Å². The van der Waals surface area contributed by atoms with Gasteiger partial charge in [-0.3, -0.25) is 14.9 Å². The summed E-state index contributed by atoms with van der Waals surface area (Å²) >= 11 is 0. The van der Waals surface area contributed by atoms with Crippen LogP contribution in [0.5, 0.6) is 11.5 Å². The minimum atomic E-state index is -0.449. The number of amides is 1. The van der Waals surface area contributed by atoms with Gasteiger partial charge in [0.1, 0.15) is 11.5 Å². The van der Waals surface area contributed by atoms with Crippen LogP contribution in [-0.4, -0.2) is 44.4 Å². The number of hydrogen-bond acceptors (Lipinski definition) is 7. The lowest BCUT2D eigenvalue weighted by atomic mass is 10.1. The van der Waals surface area contributed by atoms with Crippen LogP contribution in [-0.2, 0) is 0 Å². The maximum Gasteiger partial charge on any atom is 0.271 e. The molecule has 0 saturated carbocycles. The Morgan fingerprint density at radius 1 is 1.06 bits per heavy atom. The van der Waals surface area contributed by atoms with Gasteiger partial charge in [-0.05, 0) is 31.0 Å². The zero-order valence-corrected chi connectivity index (χ0v) is 17.7. The molecular weight excluding hydrogens is 400 g/mol. The fourth-order valence-electron chi connectivity index (χ4n) is 3.52. The molecule has 0 aromatic heterocycles. The number of carbonyl (C=O) groups excluding carboxylic acids is 1. The summed E-state index contributed by atoms with van der Waals surface area (Å²) in [6.45, 7) is 1.77. The second-order valence-electron chi connectivity index (χ2n) is 7.20. The Labute approximate surface area is 180 Å². The fourth-order valence-corrected chi connectivity index (χ4v) is 3.52. The number of anilines is 1. The van der Waals surface area contributed by atoms with Crippen LogP contribution >= 0.6 is 0 Å². The van der Waals surface area contributed by atoms with Crippen molar-refractivity contribution in [2.45, 2.75) is 25.7 Å². The van der Waals surface area contributed by atoms with E-state index in [0.717, 1.165) is 31.6 Å². The third-order valence-electron chi connectivity index (χ3n) is 5.15. The Balaban J connectivity index is 1.82. The molecule has 1 heterocycles. The zero-order valence-electron chi connectivity index (χ0n) is 17.7. The molecule has 0 unspecified atom stereocenters. The molecule has 1 fully saturated rings. The van der Waals surface area contributed by atoms with Gasteiger partial charge in [-0.2, -0.15) is 5.10 Å². The highest BCUT2D eigenvalue weighted by molar-refractivity contribution is 5.96. The van der Waals surface area contributed by atoms with Gasteiger partial charge in [-0.15, -0.1) is 0 Å². The molecular formula is C22H26N4O5. The minimum Gasteiger partial charge on any atom is -0.497 e. The second-order valence-corrected chi connectivity index (χ2v) is 7.20. The molecule has 1 aliphatic rings. The molecule has 1 saturated heterocycles. The van der Waals surface area contributed by atoms with E-state index in [1.54, 1.807) is 24.3 Å². The number of nitro groups is 1. The predicted molar refractivity (Wildman–Crippen MR) is 118 cm³/mol. The first kappa shape index (κ1) is 22.1. The molecule has 0 radical (unpaired) electrons. The van der Waals surface area contributed by atoms with Crippen molar-refractivity contribution in [1.29, 1.82) is 0 Å². The third kappa shape index (κ3) is 5.71. The normalized spacial score (nSPS) is 14.2. The van der Waals surface area contributed by atoms with Crippen LogP contribution < -0.4 is 19.8 Å². The van der Waals surface area contributed by atoms with E-state index in [0.29, 0.717) is 22.6 Å². The van der Waals surface area contributed by atoms with E-state index in [2.05, 4.69) is 15.4 Å². The van der Waals surface area contributed by atoms with Gasteiger partial charge in [0, 0.05) is 48.1 Å². The van der Waals surface area contributed by atoms with Crippen molar-refractivity contribution in [3.63, 3.8) is 0 Å². The maximum atomic E-state index is 12.5. The Morgan fingerprint density at radius 2 is 1.71 bits per heavy atom. The highest BCUT2D eigenvalue weighted by Crippen LogP contribution is 2.27. The molecule has 9 nitrogen and oxygen atoms in total. The van der Waals surface area contributed by atoms with E-state index in [9.17, 15) is 14.9 Å². The summed E-state index contributed by atoms with van der Waals surface area (Å²) in [5, 5.41) is 15.3. The molecule has 0 spiro atoms. The molecule has 31 heavy (non-hydrogen) atoms. The Hall–Kier alpha value is -3.62. The van der Waals surface area contributed by atoms with Gasteiger partial charge < -0.3 is 14.4 Å². The van der Waals surface area contributed by atoms with Crippen LogP contribution in [0.15, 0.2) is 41.5 Å². The number of ether oxygens (including phenoxy) is 2. The first-order chi connectivity index (χ1) is 15.0. The van der Waals surface area contributed by atoms with Gasteiger partial charge in [-0.1, -0.05) is 12.8 Å². The fraction of sp³-hybridized carbons (Fsp3) is 0.364. The van der Waals surface area contributed by atoms with E-state index in [4.69, 9.17) is 9.47 Å². The van der Waals surface area contributed by atoms with Crippen LogP contribution in [0.4, 0.5) is 11.4 Å². The quantitative estimate of drug-likeness (QED) is 0.410. The van der Waals surface area contributed by atoms with E-state index in [1.165, 1.54) is 45.4 Å². The number of nitro benzene ring substituents is 1. The average Bonchev–Trinajstić information content (AvgIpc) is 3.08. The van der Waals surface area contributed by atoms with Crippen LogP contribution in [0, 0.1) is 10.1 Å². The number of carbonyl (C=O) groups is 1. The lowest BCUT2D eigenvalue weighted by Gasteiger charge is -2.24. The Morgan fingerprint density at radius 3 is 2.29 bits per heavy atom. The van der Waals surface area contributed by atoms with E-state index in [1.807, 2.05) is 0 Å². The van der Waals surface area contributed by atoms with Crippen molar-refractivity contribution in [2.75, 3.05) is 32.2 Å². The number of nitrogens with one attached hydrogen (secondary N) is 1. The van der Waals surface area contributed by atoms with Gasteiger partial charge in [0.05, 0.1) is 25.4 Å². The molecule has 1 N–H and O–H groups in total. The molecule has 9 heteroatoms. The lowest BCUT2D eigenvalue weighted by Crippen LogP contribution is -2.25. The van der Waals surface area contributed by atoms with Gasteiger partial charge in [0.2, 0.25) is 0 Å². The van der Waals surface area contributed by atoms with Gasteiger partial charge >= 0.3 is 0 Å². The van der Waals surface area contributed by atoms with E-state index >= 15 is 0 Å². The molecule has 3 rings (SSSR count). The van der Waals surface area contributed by atoms with Crippen molar-refractivity contribution < 1.29 is 19.2 Å². The summed E-state index contributed by atoms with van der Waals surface area (Å²) in [7, 11) is 3.00. The number of benzene rings is 2. The minimum absolute atomic E-state index is 0.0242. The number of methoxy groups -OCH3 is 2. The van der Waals surface area contributed by atoms with Crippen LogP contribution in [0.25, 0.3) is 0 Å². The number of nitrogens with zero attached hydrogens (tertiary/aromatic N) is 3. The van der Waals surface area contributed by atoms with E-state index < -0.39 is 10.8 Å². The van der Waals surface area contributed by atoms with Crippen LogP contribution in [0.1, 0.15) is 41.6 Å². The average molecular weight is 426 g/mol. The zero-order chi connectivity index (χ0) is 22.2. The first-order valence-corrected chi connectivity index (χ1v) is 10.1. The summed E-state index contributed by atoms with van der Waals surface area (Å²) in [6, 6.07) is 9.53. The molecule has 0 aliphatic carbocycles. The molecule has 1 amide bonds. The highest BCUT2D eigenvalue weighted by atomic mass is 16.6. The van der Waals surface area contributed by atoms with Crippen molar-refractivity contribution in [3.8, 4) is 11.5 Å². The molecule has 2 aromatic carbocycles. The molecule has 0 atom stereocenters. The number of hydrazone groups is 1. The smallest absolute Gasteiger partial charge is 0.271 e. The van der Waals surface area contributed by atoms with Crippen LogP contribution in [0.2, 0.25) is 0 Å². The molecule has 0 bridgehead atoms. The van der Waals surface area contributed by atoms with Gasteiger partial charge in [0.15, 0.2) is 0 Å². The van der Waals surface area contributed by atoms with Crippen molar-refractivity contribution in [2.24, 2.45) is 5.10 Å². The topological polar surface area (TPSA) is 106 Å². The Bertz CT molecular complexity index is 946. The Kier molecular flexibility index (Phi) is 7.42. The third-order valence-corrected chi connectivity index (χ3v) is 5.15. The second kappa shape index (κ2) is 10.4. The standard InChI is InChI=1S/C22H26N4O5/c1-30-19-12-16(13-20(14-19)31-2)22(27)24-23-15-17-11-18(26(28)29)7-8-21(17)25-9-5-3-4-6-10-25/h7-8,11-15H,3-6,9-10H2,1-2H3,(H,24,27)/b23-15+. The number of rotatable bonds is 7. The first-order valence-electron chi connectivity index (χ1n) is 10.1. The lowest BCUT2D eigenvalue weighted by molar-refractivity contribution is -0.384. The number of non-ortho nitro benzene ring substituents is 1. The van der Waals surface area contributed by atoms with Crippen LogP contribution in [0.3, 0.4) is 0 Å². The number of hydrogen-bond donors (Lipinski definition) is 1. The monoisotopic (exact) mass is 426 g/mol.